The number of nitrogens with one attached hydrogen (secondary N) is 1. The normalized spacial score (nSPS) is 17.3. The number of nitrogens with zero attached hydrogens (tertiary/aromatic N) is 2. The van der Waals surface area contributed by atoms with Crippen LogP contribution in [0.5, 0.6) is 5.75 Å². The number of halogens is 3. The van der Waals surface area contributed by atoms with Crippen molar-refractivity contribution in [1.82, 2.24) is 9.97 Å². The lowest BCUT2D eigenvalue weighted by atomic mass is 9.99. The molecule has 5 nitrogen and oxygen atoms in total. The lowest BCUT2D eigenvalue weighted by molar-refractivity contribution is 0.146. The van der Waals surface area contributed by atoms with Gasteiger partial charge in [-0.05, 0) is 35.8 Å². The topological polar surface area (TPSA) is 70.1 Å². The molecule has 9 heteroatoms. The Kier molecular flexibility index (Phi) is 6.57. The summed E-state index contributed by atoms with van der Waals surface area (Å²) in [7, 11) is 1.58. The zero-order valence-electron chi connectivity index (χ0n) is 17.6. The largest absolute Gasteiger partial charge is 0.616 e. The summed E-state index contributed by atoms with van der Waals surface area (Å²) in [6.45, 7) is 1.69. The molecule has 0 amide bonds. The summed E-state index contributed by atoms with van der Waals surface area (Å²) in [5.74, 6) is 1.24. The molecule has 0 spiro atoms. The predicted octanol–water partition coefficient (Wildman–Crippen LogP) is 5.42. The van der Waals surface area contributed by atoms with Gasteiger partial charge in [0.1, 0.15) is 35.2 Å². The Morgan fingerprint density at radius 3 is 2.66 bits per heavy atom. The van der Waals surface area contributed by atoms with Crippen LogP contribution in [0.25, 0.3) is 16.5 Å². The van der Waals surface area contributed by atoms with Gasteiger partial charge in [-0.15, -0.1) is 0 Å². The molecule has 0 bridgehead atoms. The van der Waals surface area contributed by atoms with Gasteiger partial charge in [-0.1, -0.05) is 18.2 Å². The third-order valence-electron chi connectivity index (χ3n) is 5.53. The first-order valence-corrected chi connectivity index (χ1v) is 11.6. The predicted molar refractivity (Wildman–Crippen MR) is 120 cm³/mol. The zero-order chi connectivity index (χ0) is 22.8. The third kappa shape index (κ3) is 4.40. The standard InChI is InChI=1S/C23H22F3N3O2S/c1-13(15-4-3-5-16(21(15)24)22(25)26)29-23-18-10-17(14-6-8-32(30)9-7-14)20(31-2)11-19(18)27-12-28-23/h3-6,10-13,22H,7-9H2,1-2H3,(H,27,28,29). The molecule has 2 atom stereocenters. The number of ether oxygens (including phenoxy) is 1. The third-order valence-corrected chi connectivity index (χ3v) is 6.73. The first-order chi connectivity index (χ1) is 15.4. The van der Waals surface area contributed by atoms with Crippen LogP contribution < -0.4 is 10.1 Å². The van der Waals surface area contributed by atoms with Crippen LogP contribution in [-0.4, -0.2) is 33.1 Å². The molecule has 1 N–H and O–H groups in total. The van der Waals surface area contributed by atoms with Gasteiger partial charge in [0.25, 0.3) is 6.43 Å². The van der Waals surface area contributed by atoms with Crippen LogP contribution in [0.15, 0.2) is 42.7 Å². The Bertz CT molecular complexity index is 1170. The molecule has 1 aromatic heterocycles. The van der Waals surface area contributed by atoms with E-state index in [9.17, 15) is 17.7 Å². The van der Waals surface area contributed by atoms with Gasteiger partial charge in [-0.25, -0.2) is 23.1 Å². The number of allylic oxidation sites excluding steroid dienone is 1. The van der Waals surface area contributed by atoms with Crippen molar-refractivity contribution in [1.29, 1.82) is 0 Å². The summed E-state index contributed by atoms with van der Waals surface area (Å²) in [4.78, 5) is 8.62. The average molecular weight is 462 g/mol. The number of rotatable bonds is 6. The molecule has 2 aromatic carbocycles. The second kappa shape index (κ2) is 9.38. The van der Waals surface area contributed by atoms with Crippen molar-refractivity contribution >= 4 is 33.5 Å². The van der Waals surface area contributed by atoms with Crippen LogP contribution in [0.3, 0.4) is 0 Å². The number of hydrogen-bond acceptors (Lipinski definition) is 5. The summed E-state index contributed by atoms with van der Waals surface area (Å²) in [6, 6.07) is 7.05. The van der Waals surface area contributed by atoms with Crippen LogP contribution in [0.1, 0.15) is 42.5 Å². The first-order valence-electron chi connectivity index (χ1n) is 10.1. The summed E-state index contributed by atoms with van der Waals surface area (Å²) in [5.41, 5.74) is 2.00. The average Bonchev–Trinajstić information content (AvgIpc) is 2.79. The highest BCUT2D eigenvalue weighted by atomic mass is 32.2. The molecule has 3 aromatic rings. The van der Waals surface area contributed by atoms with E-state index in [1.165, 1.54) is 18.5 Å². The lowest BCUT2D eigenvalue weighted by Gasteiger charge is -2.21. The maximum atomic E-state index is 14.6. The van der Waals surface area contributed by atoms with Crippen LogP contribution in [0, 0.1) is 5.82 Å². The molecule has 2 heterocycles. The number of alkyl halides is 2. The van der Waals surface area contributed by atoms with Gasteiger partial charge in [-0.2, -0.15) is 0 Å². The van der Waals surface area contributed by atoms with E-state index in [2.05, 4.69) is 15.3 Å². The summed E-state index contributed by atoms with van der Waals surface area (Å²) < 4.78 is 58.1. The fraction of sp³-hybridized carbons (Fsp3) is 0.304. The van der Waals surface area contributed by atoms with Crippen LogP contribution in [0.2, 0.25) is 0 Å². The second-order valence-electron chi connectivity index (χ2n) is 7.50. The molecule has 168 valence electrons. The molecule has 4 rings (SSSR count). The van der Waals surface area contributed by atoms with E-state index in [0.29, 0.717) is 40.4 Å². The van der Waals surface area contributed by atoms with Crippen LogP contribution in [0.4, 0.5) is 19.0 Å². The van der Waals surface area contributed by atoms with Crippen molar-refractivity contribution in [3.63, 3.8) is 0 Å². The van der Waals surface area contributed by atoms with Crippen molar-refractivity contribution in [2.45, 2.75) is 25.8 Å². The Labute approximate surface area is 186 Å². The Hall–Kier alpha value is -2.78. The lowest BCUT2D eigenvalue weighted by Crippen LogP contribution is -2.15. The van der Waals surface area contributed by atoms with Crippen LogP contribution in [-0.2, 0) is 11.2 Å². The van der Waals surface area contributed by atoms with Crippen LogP contribution >= 0.6 is 0 Å². The Morgan fingerprint density at radius 2 is 1.97 bits per heavy atom. The molecular weight excluding hydrogens is 439 g/mol. The second-order valence-corrected chi connectivity index (χ2v) is 9.12. The fourth-order valence-electron chi connectivity index (χ4n) is 3.82. The molecular formula is C23H22F3N3O2S. The molecule has 0 radical (unpaired) electrons. The number of aromatic nitrogens is 2. The van der Waals surface area contributed by atoms with Gasteiger partial charge in [0.2, 0.25) is 0 Å². The monoisotopic (exact) mass is 461 g/mol. The minimum atomic E-state index is -2.89. The van der Waals surface area contributed by atoms with Gasteiger partial charge in [0, 0.05) is 29.0 Å². The van der Waals surface area contributed by atoms with E-state index >= 15 is 0 Å². The van der Waals surface area contributed by atoms with Crippen molar-refractivity contribution in [2.24, 2.45) is 0 Å². The van der Waals surface area contributed by atoms with Gasteiger partial charge < -0.3 is 14.6 Å². The quantitative estimate of drug-likeness (QED) is 0.496. The van der Waals surface area contributed by atoms with E-state index in [1.54, 1.807) is 20.1 Å². The van der Waals surface area contributed by atoms with Crippen molar-refractivity contribution in [2.75, 3.05) is 23.9 Å². The smallest absolute Gasteiger partial charge is 0.266 e. The fourth-order valence-corrected chi connectivity index (χ4v) is 4.82. The number of benzene rings is 2. The van der Waals surface area contributed by atoms with E-state index in [4.69, 9.17) is 4.74 Å². The highest BCUT2D eigenvalue weighted by Gasteiger charge is 2.22. The molecule has 0 saturated heterocycles. The summed E-state index contributed by atoms with van der Waals surface area (Å²) >= 11 is -0.855. The van der Waals surface area contributed by atoms with Crippen molar-refractivity contribution < 1.29 is 22.5 Å². The van der Waals surface area contributed by atoms with Crippen molar-refractivity contribution in [3.8, 4) is 5.75 Å². The number of hydrogen-bond donors (Lipinski definition) is 1. The summed E-state index contributed by atoms with van der Waals surface area (Å²) in [6.07, 6.45) is 1.10. The van der Waals surface area contributed by atoms with E-state index in [0.717, 1.165) is 17.2 Å². The highest BCUT2D eigenvalue weighted by Crippen LogP contribution is 2.36. The van der Waals surface area contributed by atoms with Gasteiger partial charge in [0.05, 0.1) is 24.2 Å². The minimum Gasteiger partial charge on any atom is -0.616 e. The van der Waals surface area contributed by atoms with Crippen molar-refractivity contribution in [3.05, 3.63) is 65.2 Å². The number of methoxy groups -OCH3 is 1. The highest BCUT2D eigenvalue weighted by molar-refractivity contribution is 7.91. The molecule has 0 fully saturated rings. The Balaban J connectivity index is 1.74. The molecule has 2 unspecified atom stereocenters. The van der Waals surface area contributed by atoms with E-state index in [1.807, 2.05) is 12.1 Å². The van der Waals surface area contributed by atoms with E-state index in [-0.39, 0.29) is 5.56 Å². The minimum absolute atomic E-state index is 0.126. The number of anilines is 1. The maximum Gasteiger partial charge on any atom is 0.266 e. The molecule has 0 saturated carbocycles. The number of fused-ring (bicyclic) bond motifs is 1. The molecule has 32 heavy (non-hydrogen) atoms. The molecule has 0 aliphatic carbocycles. The SMILES string of the molecule is COc1cc2ncnc(NC(C)c3cccc(C(F)F)c3F)c2cc1C1=CC[S+]([O-])CC1. The Morgan fingerprint density at radius 1 is 1.19 bits per heavy atom. The molecule has 1 aliphatic heterocycles. The first kappa shape index (κ1) is 22.4. The van der Waals surface area contributed by atoms with Gasteiger partial charge >= 0.3 is 0 Å². The zero-order valence-corrected chi connectivity index (χ0v) is 18.4. The molecule has 1 aliphatic rings. The van der Waals surface area contributed by atoms with Gasteiger partial charge in [-0.3, -0.25) is 0 Å². The van der Waals surface area contributed by atoms with Gasteiger partial charge in [0.15, 0.2) is 0 Å². The maximum absolute atomic E-state index is 14.6. The summed E-state index contributed by atoms with van der Waals surface area (Å²) in [5, 5.41) is 3.83. The van der Waals surface area contributed by atoms with E-state index < -0.39 is 35.0 Å².